The Labute approximate surface area is 235 Å². The fourth-order valence-corrected chi connectivity index (χ4v) is 5.48. The maximum atomic E-state index is 13.3. The summed E-state index contributed by atoms with van der Waals surface area (Å²) in [5, 5.41) is 5.58. The maximum Gasteiger partial charge on any atom is 0.433 e. The number of aromatic nitrogens is 3. The third kappa shape index (κ3) is 5.67. The molecular formula is C26H26F3N7O4S. The first-order valence-corrected chi connectivity index (χ1v) is 13.5. The summed E-state index contributed by atoms with van der Waals surface area (Å²) in [6, 6.07) is 4.31. The van der Waals surface area contributed by atoms with E-state index in [2.05, 4.69) is 20.3 Å². The zero-order valence-corrected chi connectivity index (χ0v) is 22.8. The van der Waals surface area contributed by atoms with Crippen LogP contribution in [0.3, 0.4) is 0 Å². The smallest absolute Gasteiger partial charge is 0.433 e. The third-order valence-corrected chi connectivity index (χ3v) is 7.59. The van der Waals surface area contributed by atoms with Gasteiger partial charge in [0.1, 0.15) is 22.7 Å². The molecule has 2 amide bonds. The molecule has 1 saturated heterocycles. The number of nitrogens with zero attached hydrogens (tertiary/aromatic N) is 4. The second kappa shape index (κ2) is 11.0. The number of anilines is 1. The summed E-state index contributed by atoms with van der Waals surface area (Å²) >= 11 is 1.33. The number of primary amides is 1. The molecule has 0 spiro atoms. The summed E-state index contributed by atoms with van der Waals surface area (Å²) in [7, 11) is 1.33. The van der Waals surface area contributed by atoms with Crippen molar-refractivity contribution >= 4 is 39.2 Å². The molecule has 5 rings (SSSR count). The lowest BCUT2D eigenvalue weighted by Crippen LogP contribution is -2.45. The number of halogens is 3. The first-order chi connectivity index (χ1) is 19.5. The molecule has 0 bridgehead atoms. The molecule has 0 unspecified atom stereocenters. The van der Waals surface area contributed by atoms with Gasteiger partial charge < -0.3 is 30.8 Å². The lowest BCUT2D eigenvalue weighted by Gasteiger charge is -2.32. The van der Waals surface area contributed by atoms with Crippen molar-refractivity contribution in [3.05, 3.63) is 52.5 Å². The molecule has 1 aliphatic rings. The van der Waals surface area contributed by atoms with Gasteiger partial charge in [0.25, 0.3) is 11.8 Å². The van der Waals surface area contributed by atoms with E-state index in [1.165, 1.54) is 30.6 Å². The second-order valence-electron chi connectivity index (χ2n) is 9.54. The van der Waals surface area contributed by atoms with Crippen LogP contribution >= 0.6 is 11.3 Å². The van der Waals surface area contributed by atoms with E-state index in [1.54, 1.807) is 18.4 Å². The van der Waals surface area contributed by atoms with Crippen LogP contribution in [-0.2, 0) is 6.18 Å². The van der Waals surface area contributed by atoms with Crippen LogP contribution in [0.15, 0.2) is 34.1 Å². The fraction of sp³-hybridized carbons (Fsp3) is 0.346. The van der Waals surface area contributed by atoms with E-state index >= 15 is 0 Å². The van der Waals surface area contributed by atoms with Crippen molar-refractivity contribution < 1.29 is 31.9 Å². The Kier molecular flexibility index (Phi) is 7.57. The van der Waals surface area contributed by atoms with E-state index in [9.17, 15) is 22.8 Å². The van der Waals surface area contributed by atoms with Crippen LogP contribution in [-0.4, -0.2) is 53.0 Å². The molecule has 0 saturated carbocycles. The van der Waals surface area contributed by atoms with Gasteiger partial charge in [-0.05, 0) is 44.0 Å². The van der Waals surface area contributed by atoms with E-state index in [-0.39, 0.29) is 40.3 Å². The predicted octanol–water partition coefficient (Wildman–Crippen LogP) is 3.89. The van der Waals surface area contributed by atoms with Crippen molar-refractivity contribution in [1.82, 2.24) is 20.3 Å². The number of hydrogen-bond donors (Lipinski definition) is 3. The number of oxazole rings is 1. The van der Waals surface area contributed by atoms with Gasteiger partial charge in [-0.2, -0.15) is 13.2 Å². The SMILES string of the molecule is COc1ccc(-c2nc(C(=O)NC3CCN(c4nc(C(N)=O)cs4)CC3)c([C@H](C)N)o2)c2ccc(C(F)(F)F)nc12. The fourth-order valence-electron chi connectivity index (χ4n) is 4.61. The number of thiazole rings is 1. The highest BCUT2D eigenvalue weighted by atomic mass is 32.1. The predicted molar refractivity (Wildman–Crippen MR) is 145 cm³/mol. The first kappa shape index (κ1) is 28.3. The molecule has 1 fully saturated rings. The Bertz CT molecular complexity index is 1610. The van der Waals surface area contributed by atoms with Crippen LogP contribution in [0.4, 0.5) is 18.3 Å². The van der Waals surface area contributed by atoms with Crippen LogP contribution in [0.5, 0.6) is 5.75 Å². The topological polar surface area (TPSA) is 162 Å². The van der Waals surface area contributed by atoms with E-state index in [0.717, 1.165) is 6.07 Å². The van der Waals surface area contributed by atoms with Crippen molar-refractivity contribution in [1.29, 1.82) is 0 Å². The quantitative estimate of drug-likeness (QED) is 0.290. The van der Waals surface area contributed by atoms with E-state index < -0.39 is 29.7 Å². The number of fused-ring (bicyclic) bond motifs is 1. The number of hydrogen-bond acceptors (Lipinski definition) is 10. The number of ether oxygens (including phenoxy) is 1. The highest BCUT2D eigenvalue weighted by Gasteiger charge is 2.33. The first-order valence-electron chi connectivity index (χ1n) is 12.6. The number of alkyl halides is 3. The summed E-state index contributed by atoms with van der Waals surface area (Å²) < 4.78 is 51.1. The van der Waals surface area contributed by atoms with Gasteiger partial charge in [-0.15, -0.1) is 11.3 Å². The second-order valence-corrected chi connectivity index (χ2v) is 10.4. The number of carbonyl (C=O) groups excluding carboxylic acids is 2. The van der Waals surface area contributed by atoms with Crippen LogP contribution in [0.1, 0.15) is 58.2 Å². The van der Waals surface area contributed by atoms with E-state index in [0.29, 0.717) is 42.0 Å². The zero-order valence-electron chi connectivity index (χ0n) is 22.0. The molecule has 15 heteroatoms. The summed E-state index contributed by atoms with van der Waals surface area (Å²) in [6.07, 6.45) is -3.41. The van der Waals surface area contributed by atoms with Gasteiger partial charge in [-0.1, -0.05) is 0 Å². The van der Waals surface area contributed by atoms with Crippen molar-refractivity contribution in [2.45, 2.75) is 38.0 Å². The number of nitrogens with one attached hydrogen (secondary N) is 1. The Morgan fingerprint density at radius 3 is 2.51 bits per heavy atom. The molecule has 3 aromatic heterocycles. The minimum absolute atomic E-state index is 0.00714. The minimum atomic E-state index is -4.64. The average molecular weight is 590 g/mol. The van der Waals surface area contributed by atoms with Crippen LogP contribution < -0.4 is 26.4 Å². The molecule has 216 valence electrons. The molecule has 0 aliphatic carbocycles. The van der Waals surface area contributed by atoms with Crippen LogP contribution in [0.2, 0.25) is 0 Å². The Balaban J connectivity index is 1.38. The number of rotatable bonds is 7. The number of methoxy groups -OCH3 is 1. The molecule has 4 aromatic rings. The number of carbonyl (C=O) groups is 2. The standard InChI is InChI=1S/C26H26F3N7O4S/c1-12(30)21-20(23(38)32-13-7-9-36(10-8-13)25-33-16(11-41-25)22(31)37)35-24(40-21)15-3-5-17(39-2)19-14(15)4-6-18(34-19)26(27,28)29/h3-6,11-13H,7-10,30H2,1-2H3,(H2,31,37)(H,32,38)/t12-/m0/s1. The maximum absolute atomic E-state index is 13.3. The third-order valence-electron chi connectivity index (χ3n) is 6.69. The summed E-state index contributed by atoms with van der Waals surface area (Å²) in [5.41, 5.74) is 10.8. The Morgan fingerprint density at radius 1 is 1.17 bits per heavy atom. The Morgan fingerprint density at radius 2 is 1.90 bits per heavy atom. The monoisotopic (exact) mass is 589 g/mol. The van der Waals surface area contributed by atoms with Gasteiger partial charge in [0.15, 0.2) is 16.6 Å². The van der Waals surface area contributed by atoms with Crippen molar-refractivity contribution in [2.75, 3.05) is 25.1 Å². The highest BCUT2D eigenvalue weighted by Crippen LogP contribution is 2.37. The lowest BCUT2D eigenvalue weighted by molar-refractivity contribution is -0.140. The van der Waals surface area contributed by atoms with Gasteiger partial charge in [-0.3, -0.25) is 9.59 Å². The van der Waals surface area contributed by atoms with Gasteiger partial charge in [-0.25, -0.2) is 15.0 Å². The van der Waals surface area contributed by atoms with Gasteiger partial charge in [0, 0.05) is 35.5 Å². The molecular weight excluding hydrogens is 563 g/mol. The molecule has 5 N–H and O–H groups in total. The molecule has 1 aromatic carbocycles. The number of pyridine rings is 1. The van der Waals surface area contributed by atoms with Gasteiger partial charge in [0.05, 0.1) is 13.2 Å². The lowest BCUT2D eigenvalue weighted by atomic mass is 10.0. The van der Waals surface area contributed by atoms with Crippen molar-refractivity contribution in [3.63, 3.8) is 0 Å². The number of piperidine rings is 1. The highest BCUT2D eigenvalue weighted by molar-refractivity contribution is 7.13. The normalized spacial score (nSPS) is 15.2. The largest absolute Gasteiger partial charge is 0.494 e. The minimum Gasteiger partial charge on any atom is -0.494 e. The average Bonchev–Trinajstić information content (AvgIpc) is 3.61. The summed E-state index contributed by atoms with van der Waals surface area (Å²) in [4.78, 5) is 39.1. The molecule has 0 radical (unpaired) electrons. The van der Waals surface area contributed by atoms with Gasteiger partial charge >= 0.3 is 6.18 Å². The molecule has 11 nitrogen and oxygen atoms in total. The number of benzene rings is 1. The van der Waals surface area contributed by atoms with Crippen LogP contribution in [0.25, 0.3) is 22.4 Å². The molecule has 1 aliphatic heterocycles. The molecule has 4 heterocycles. The van der Waals surface area contributed by atoms with Crippen LogP contribution in [0, 0.1) is 0 Å². The number of nitrogens with two attached hydrogens (primary N) is 2. The zero-order chi connectivity index (χ0) is 29.5. The van der Waals surface area contributed by atoms with Crippen molar-refractivity contribution in [2.24, 2.45) is 11.5 Å². The van der Waals surface area contributed by atoms with E-state index in [4.69, 9.17) is 20.6 Å². The summed E-state index contributed by atoms with van der Waals surface area (Å²) in [5.74, 6) is -0.773. The van der Waals surface area contributed by atoms with E-state index in [1.807, 2.05) is 4.90 Å². The van der Waals surface area contributed by atoms with Gasteiger partial charge in [0.2, 0.25) is 5.89 Å². The summed E-state index contributed by atoms with van der Waals surface area (Å²) in [6.45, 7) is 2.84. The molecule has 41 heavy (non-hydrogen) atoms. The number of amides is 2. The molecule has 1 atom stereocenters. The van der Waals surface area contributed by atoms with Crippen molar-refractivity contribution in [3.8, 4) is 17.2 Å². The Hall–Kier alpha value is -4.24.